The molecule has 0 aliphatic heterocycles. The zero-order valence-electron chi connectivity index (χ0n) is 10.2. The number of allylic oxidation sites excluding steroid dienone is 1. The zero-order valence-corrected chi connectivity index (χ0v) is 10.2. The summed E-state index contributed by atoms with van der Waals surface area (Å²) in [6.07, 6.45) is 7.90. The van der Waals surface area contributed by atoms with E-state index in [4.69, 9.17) is 5.73 Å². The fraction of sp³-hybridized carbons (Fsp3) is 0.417. The molecule has 94 valence electrons. The molecule has 18 heavy (non-hydrogen) atoms. The molecular formula is C12H15N5O. The third kappa shape index (κ3) is 1.70. The van der Waals surface area contributed by atoms with Crippen molar-refractivity contribution >= 4 is 23.2 Å². The number of aryl methyl sites for hydroxylation is 1. The van der Waals surface area contributed by atoms with E-state index in [0.29, 0.717) is 17.1 Å². The second kappa shape index (κ2) is 3.97. The highest BCUT2D eigenvalue weighted by molar-refractivity contribution is 5.73. The molecule has 0 amide bonds. The number of rotatable bonds is 2. The average molecular weight is 245 g/mol. The van der Waals surface area contributed by atoms with E-state index in [1.54, 1.807) is 4.57 Å². The van der Waals surface area contributed by atoms with Crippen LogP contribution in [-0.2, 0) is 7.05 Å². The molecule has 2 aromatic heterocycles. The monoisotopic (exact) mass is 245 g/mol. The Morgan fingerprint density at radius 3 is 2.89 bits per heavy atom. The number of aromatic nitrogens is 4. The lowest BCUT2D eigenvalue weighted by atomic mass is 9.85. The number of anilines is 1. The van der Waals surface area contributed by atoms with E-state index in [2.05, 4.69) is 21.0 Å². The van der Waals surface area contributed by atoms with Crippen LogP contribution in [0.4, 0.5) is 5.95 Å². The van der Waals surface area contributed by atoms with E-state index in [9.17, 15) is 4.79 Å². The van der Waals surface area contributed by atoms with Crippen molar-refractivity contribution in [2.24, 2.45) is 13.0 Å². The molecule has 0 atom stereocenters. The molecular weight excluding hydrogens is 230 g/mol. The molecule has 0 aromatic carbocycles. The summed E-state index contributed by atoms with van der Waals surface area (Å²) in [6.45, 7) is 0. The van der Waals surface area contributed by atoms with Crippen molar-refractivity contribution < 1.29 is 0 Å². The summed E-state index contributed by atoms with van der Waals surface area (Å²) in [5.74, 6) is 1.51. The number of H-pyrrole nitrogens is 1. The number of hydrogen-bond acceptors (Lipinski definition) is 4. The molecule has 1 fully saturated rings. The predicted octanol–water partition coefficient (Wildman–Crippen LogP) is 1.05. The number of hydrogen-bond donors (Lipinski definition) is 2. The number of imidazole rings is 1. The molecule has 1 aliphatic rings. The van der Waals surface area contributed by atoms with Gasteiger partial charge in [0.2, 0.25) is 5.95 Å². The summed E-state index contributed by atoms with van der Waals surface area (Å²) in [5.41, 5.74) is 6.09. The van der Waals surface area contributed by atoms with Crippen LogP contribution in [0.2, 0.25) is 0 Å². The highest BCUT2D eigenvalue weighted by Crippen LogP contribution is 2.28. The molecule has 0 unspecified atom stereocenters. The molecule has 1 aliphatic carbocycles. The van der Waals surface area contributed by atoms with Crippen LogP contribution in [-0.4, -0.2) is 19.5 Å². The quantitative estimate of drug-likeness (QED) is 0.827. The fourth-order valence-electron chi connectivity index (χ4n) is 2.11. The first-order chi connectivity index (χ1) is 8.65. The standard InChI is InChI=1S/C12H15N5O/c1-17-8(6-5-7-3-2-4-7)14-9-10(17)15-12(13)16-11(9)18/h5-7H,2-4H2,1H3,(H3,13,15,16,18). The summed E-state index contributed by atoms with van der Waals surface area (Å²) in [6, 6.07) is 0. The Kier molecular flexibility index (Phi) is 2.43. The number of nitrogens with one attached hydrogen (secondary N) is 1. The Bertz CT molecular complexity index is 678. The molecule has 3 rings (SSSR count). The number of aromatic amines is 1. The van der Waals surface area contributed by atoms with Crippen molar-refractivity contribution in [1.29, 1.82) is 0 Å². The first-order valence-corrected chi connectivity index (χ1v) is 6.05. The van der Waals surface area contributed by atoms with Crippen LogP contribution < -0.4 is 11.3 Å². The average Bonchev–Trinajstić information content (AvgIpc) is 2.55. The topological polar surface area (TPSA) is 89.6 Å². The van der Waals surface area contributed by atoms with Crippen LogP contribution in [0.15, 0.2) is 10.9 Å². The Hall–Kier alpha value is -2.11. The fourth-order valence-corrected chi connectivity index (χ4v) is 2.11. The molecule has 3 N–H and O–H groups in total. The van der Waals surface area contributed by atoms with Gasteiger partial charge in [-0.25, -0.2) is 4.98 Å². The number of fused-ring (bicyclic) bond motifs is 1. The van der Waals surface area contributed by atoms with Crippen LogP contribution in [0.25, 0.3) is 17.2 Å². The molecule has 0 radical (unpaired) electrons. The first kappa shape index (κ1) is 11.0. The lowest BCUT2D eigenvalue weighted by molar-refractivity contribution is 0.389. The Labute approximate surface area is 104 Å². The second-order valence-electron chi connectivity index (χ2n) is 4.70. The van der Waals surface area contributed by atoms with Gasteiger partial charge in [0.1, 0.15) is 5.82 Å². The van der Waals surface area contributed by atoms with Crippen molar-refractivity contribution in [2.75, 3.05) is 5.73 Å². The highest BCUT2D eigenvalue weighted by Gasteiger charge is 2.15. The van der Waals surface area contributed by atoms with Gasteiger partial charge in [-0.05, 0) is 24.8 Å². The van der Waals surface area contributed by atoms with Crippen molar-refractivity contribution in [1.82, 2.24) is 19.5 Å². The number of nitrogen functional groups attached to an aromatic ring is 1. The largest absolute Gasteiger partial charge is 0.369 e. The maximum atomic E-state index is 11.7. The molecule has 2 aromatic rings. The first-order valence-electron chi connectivity index (χ1n) is 6.05. The summed E-state index contributed by atoms with van der Waals surface area (Å²) >= 11 is 0. The van der Waals surface area contributed by atoms with Crippen LogP contribution in [0.1, 0.15) is 25.1 Å². The van der Waals surface area contributed by atoms with Gasteiger partial charge in [0.25, 0.3) is 5.56 Å². The summed E-state index contributed by atoms with van der Waals surface area (Å²) in [7, 11) is 1.83. The molecule has 6 nitrogen and oxygen atoms in total. The smallest absolute Gasteiger partial charge is 0.280 e. The Balaban J connectivity index is 2.07. The number of nitrogens with zero attached hydrogens (tertiary/aromatic N) is 3. The summed E-state index contributed by atoms with van der Waals surface area (Å²) in [4.78, 5) is 22.6. The molecule has 0 bridgehead atoms. The molecule has 6 heteroatoms. The van der Waals surface area contributed by atoms with Crippen molar-refractivity contribution in [3.05, 3.63) is 22.3 Å². The van der Waals surface area contributed by atoms with Crippen LogP contribution in [0.3, 0.4) is 0 Å². The summed E-state index contributed by atoms with van der Waals surface area (Å²) < 4.78 is 1.79. The van der Waals surface area contributed by atoms with Crippen molar-refractivity contribution in [3.63, 3.8) is 0 Å². The highest BCUT2D eigenvalue weighted by atomic mass is 16.1. The Morgan fingerprint density at radius 2 is 2.22 bits per heavy atom. The van der Waals surface area contributed by atoms with Gasteiger partial charge in [-0.15, -0.1) is 0 Å². The van der Waals surface area contributed by atoms with E-state index in [1.165, 1.54) is 19.3 Å². The molecule has 2 heterocycles. The SMILES string of the molecule is Cn1c(C=CC2CCC2)nc2c(=O)[nH]c(N)nc21. The molecule has 1 saturated carbocycles. The minimum atomic E-state index is -0.295. The summed E-state index contributed by atoms with van der Waals surface area (Å²) in [5, 5.41) is 0. The normalized spacial score (nSPS) is 16.5. The van der Waals surface area contributed by atoms with E-state index in [-0.39, 0.29) is 11.5 Å². The minimum Gasteiger partial charge on any atom is -0.369 e. The van der Waals surface area contributed by atoms with Gasteiger partial charge in [0.05, 0.1) is 0 Å². The maximum Gasteiger partial charge on any atom is 0.280 e. The van der Waals surface area contributed by atoms with Crippen LogP contribution in [0, 0.1) is 5.92 Å². The van der Waals surface area contributed by atoms with E-state index in [1.807, 2.05) is 13.1 Å². The van der Waals surface area contributed by atoms with E-state index in [0.717, 1.165) is 5.82 Å². The predicted molar refractivity (Wildman–Crippen MR) is 69.9 cm³/mol. The lowest BCUT2D eigenvalue weighted by Gasteiger charge is -2.21. The maximum absolute atomic E-state index is 11.7. The van der Waals surface area contributed by atoms with Gasteiger partial charge < -0.3 is 10.3 Å². The van der Waals surface area contributed by atoms with Gasteiger partial charge in [0, 0.05) is 7.05 Å². The third-order valence-electron chi connectivity index (χ3n) is 3.45. The number of nitrogens with two attached hydrogens (primary N) is 1. The molecule has 0 saturated heterocycles. The van der Waals surface area contributed by atoms with E-state index >= 15 is 0 Å². The van der Waals surface area contributed by atoms with Gasteiger partial charge >= 0.3 is 0 Å². The van der Waals surface area contributed by atoms with Gasteiger partial charge in [-0.2, -0.15) is 4.98 Å². The lowest BCUT2D eigenvalue weighted by Crippen LogP contribution is -2.11. The van der Waals surface area contributed by atoms with E-state index < -0.39 is 0 Å². The van der Waals surface area contributed by atoms with Crippen molar-refractivity contribution in [3.8, 4) is 0 Å². The third-order valence-corrected chi connectivity index (χ3v) is 3.45. The van der Waals surface area contributed by atoms with Crippen LogP contribution in [0.5, 0.6) is 0 Å². The van der Waals surface area contributed by atoms with Gasteiger partial charge in [-0.3, -0.25) is 9.78 Å². The van der Waals surface area contributed by atoms with Crippen molar-refractivity contribution in [2.45, 2.75) is 19.3 Å². The van der Waals surface area contributed by atoms with Crippen LogP contribution >= 0.6 is 0 Å². The Morgan fingerprint density at radius 1 is 1.44 bits per heavy atom. The minimum absolute atomic E-state index is 0.116. The zero-order chi connectivity index (χ0) is 12.7. The van der Waals surface area contributed by atoms with Gasteiger partial charge in [-0.1, -0.05) is 12.5 Å². The molecule has 0 spiro atoms. The van der Waals surface area contributed by atoms with Gasteiger partial charge in [0.15, 0.2) is 11.2 Å². The second-order valence-corrected chi connectivity index (χ2v) is 4.70.